The zero-order valence-electron chi connectivity index (χ0n) is 11.0. The number of aliphatic hydroxyl groups excluding tert-OH is 1. The molecule has 6 nitrogen and oxygen atoms in total. The van der Waals surface area contributed by atoms with E-state index >= 15 is 0 Å². The molecule has 18 heavy (non-hydrogen) atoms. The van der Waals surface area contributed by atoms with Crippen LogP contribution in [-0.4, -0.2) is 54.4 Å². The van der Waals surface area contributed by atoms with Gasteiger partial charge in [0.2, 0.25) is 5.95 Å². The van der Waals surface area contributed by atoms with Crippen LogP contribution in [0.2, 0.25) is 0 Å². The fraction of sp³-hybridized carbons (Fsp3) is 0.667. The maximum absolute atomic E-state index is 11.7. The third-order valence-corrected chi connectivity index (χ3v) is 3.62. The lowest BCUT2D eigenvalue weighted by Gasteiger charge is -2.32. The summed E-state index contributed by atoms with van der Waals surface area (Å²) in [5.74, 6) is 0.672. The Balaban J connectivity index is 2.08. The minimum Gasteiger partial charge on any atom is -0.391 e. The van der Waals surface area contributed by atoms with Gasteiger partial charge in [-0.15, -0.1) is 0 Å². The van der Waals surface area contributed by atoms with Crippen LogP contribution in [0.25, 0.3) is 0 Å². The molecule has 2 heterocycles. The SMILES string of the molecule is Cc1nc(N2CC[NH+](CCO)CC2)[nH]c(=O)c1C. The molecule has 1 aliphatic rings. The first kappa shape index (κ1) is 13.0. The quantitative estimate of drug-likeness (QED) is 0.587. The van der Waals surface area contributed by atoms with Gasteiger partial charge in [0.25, 0.3) is 5.56 Å². The summed E-state index contributed by atoms with van der Waals surface area (Å²) >= 11 is 0. The van der Waals surface area contributed by atoms with Gasteiger partial charge in [0.1, 0.15) is 6.54 Å². The zero-order valence-corrected chi connectivity index (χ0v) is 11.0. The van der Waals surface area contributed by atoms with Gasteiger partial charge < -0.3 is 14.9 Å². The summed E-state index contributed by atoms with van der Waals surface area (Å²) in [5.41, 5.74) is 1.42. The smallest absolute Gasteiger partial charge is 0.255 e. The summed E-state index contributed by atoms with van der Waals surface area (Å²) in [6.45, 7) is 8.34. The van der Waals surface area contributed by atoms with Crippen LogP contribution in [0.4, 0.5) is 5.95 Å². The summed E-state index contributed by atoms with van der Waals surface area (Å²) in [6.07, 6.45) is 0. The van der Waals surface area contributed by atoms with Gasteiger partial charge in [-0.1, -0.05) is 0 Å². The summed E-state index contributed by atoms with van der Waals surface area (Å²) in [7, 11) is 0. The van der Waals surface area contributed by atoms with E-state index in [2.05, 4.69) is 14.9 Å². The minimum atomic E-state index is -0.0531. The molecular formula is C12H21N4O2+. The first-order chi connectivity index (χ1) is 8.61. The molecule has 0 unspecified atom stereocenters. The maximum Gasteiger partial charge on any atom is 0.255 e. The van der Waals surface area contributed by atoms with E-state index in [0.29, 0.717) is 11.5 Å². The van der Waals surface area contributed by atoms with Gasteiger partial charge in [-0.25, -0.2) is 4.98 Å². The summed E-state index contributed by atoms with van der Waals surface area (Å²) < 4.78 is 0. The molecule has 0 bridgehead atoms. The molecule has 1 aliphatic heterocycles. The van der Waals surface area contributed by atoms with Crippen molar-refractivity contribution in [2.24, 2.45) is 0 Å². The van der Waals surface area contributed by atoms with Crippen LogP contribution in [0.5, 0.6) is 0 Å². The molecule has 0 radical (unpaired) electrons. The van der Waals surface area contributed by atoms with E-state index in [0.717, 1.165) is 38.4 Å². The Labute approximate surface area is 106 Å². The number of aromatic nitrogens is 2. The molecule has 0 saturated carbocycles. The molecule has 2 rings (SSSR count). The number of H-pyrrole nitrogens is 1. The van der Waals surface area contributed by atoms with Crippen LogP contribution in [0.1, 0.15) is 11.3 Å². The number of aliphatic hydroxyl groups is 1. The normalized spacial score (nSPS) is 17.2. The highest BCUT2D eigenvalue weighted by Gasteiger charge is 2.21. The van der Waals surface area contributed by atoms with Crippen molar-refractivity contribution in [1.82, 2.24) is 9.97 Å². The highest BCUT2D eigenvalue weighted by atomic mass is 16.3. The van der Waals surface area contributed by atoms with E-state index in [4.69, 9.17) is 5.11 Å². The summed E-state index contributed by atoms with van der Waals surface area (Å²) in [5, 5.41) is 8.91. The lowest BCUT2D eigenvalue weighted by atomic mass is 10.2. The lowest BCUT2D eigenvalue weighted by Crippen LogP contribution is -3.15. The van der Waals surface area contributed by atoms with Crippen LogP contribution in [0.3, 0.4) is 0 Å². The third kappa shape index (κ3) is 2.70. The average molecular weight is 253 g/mol. The zero-order chi connectivity index (χ0) is 13.1. The Kier molecular flexibility index (Phi) is 3.98. The molecule has 100 valence electrons. The summed E-state index contributed by atoms with van der Waals surface area (Å²) in [6, 6.07) is 0. The molecular weight excluding hydrogens is 232 g/mol. The molecule has 6 heteroatoms. The molecule has 1 fully saturated rings. The van der Waals surface area contributed by atoms with Gasteiger partial charge >= 0.3 is 0 Å². The molecule has 3 N–H and O–H groups in total. The first-order valence-electron chi connectivity index (χ1n) is 6.38. The number of aromatic amines is 1. The van der Waals surface area contributed by atoms with E-state index in [1.807, 2.05) is 6.92 Å². The van der Waals surface area contributed by atoms with Gasteiger partial charge in [-0.05, 0) is 13.8 Å². The predicted molar refractivity (Wildman–Crippen MR) is 69.2 cm³/mol. The predicted octanol–water partition coefficient (Wildman–Crippen LogP) is -1.92. The number of hydrogen-bond donors (Lipinski definition) is 3. The van der Waals surface area contributed by atoms with E-state index in [1.165, 1.54) is 4.90 Å². The van der Waals surface area contributed by atoms with Crippen LogP contribution in [0.15, 0.2) is 4.79 Å². The van der Waals surface area contributed by atoms with Crippen molar-refractivity contribution < 1.29 is 10.0 Å². The Morgan fingerprint density at radius 2 is 2.06 bits per heavy atom. The van der Waals surface area contributed by atoms with E-state index < -0.39 is 0 Å². The number of anilines is 1. The number of quaternary nitrogens is 1. The molecule has 1 aromatic rings. The molecule has 1 saturated heterocycles. The van der Waals surface area contributed by atoms with Gasteiger partial charge in [0.05, 0.1) is 32.8 Å². The minimum absolute atomic E-state index is 0.0531. The van der Waals surface area contributed by atoms with Crippen molar-refractivity contribution in [2.45, 2.75) is 13.8 Å². The number of aryl methyl sites for hydroxylation is 1. The first-order valence-corrected chi connectivity index (χ1v) is 6.38. The standard InChI is InChI=1S/C12H20N4O2/c1-9-10(2)13-12(14-11(9)18)16-5-3-15(4-6-16)7-8-17/h17H,3-8H2,1-2H3,(H,13,14,18)/p+1. The second kappa shape index (κ2) is 5.49. The van der Waals surface area contributed by atoms with Crippen LogP contribution in [0, 0.1) is 13.8 Å². The fourth-order valence-corrected chi connectivity index (χ4v) is 2.22. The molecule has 0 aliphatic carbocycles. The Hall–Kier alpha value is -1.40. The second-order valence-electron chi connectivity index (χ2n) is 4.81. The van der Waals surface area contributed by atoms with Gasteiger partial charge in [0.15, 0.2) is 0 Å². The monoisotopic (exact) mass is 253 g/mol. The Morgan fingerprint density at radius 1 is 1.39 bits per heavy atom. The van der Waals surface area contributed by atoms with E-state index in [-0.39, 0.29) is 12.2 Å². The molecule has 0 spiro atoms. The van der Waals surface area contributed by atoms with Gasteiger partial charge in [0, 0.05) is 11.3 Å². The van der Waals surface area contributed by atoms with Crippen molar-refractivity contribution in [3.63, 3.8) is 0 Å². The maximum atomic E-state index is 11.7. The summed E-state index contributed by atoms with van der Waals surface area (Å²) in [4.78, 5) is 22.5. The van der Waals surface area contributed by atoms with Gasteiger partial charge in [-0.3, -0.25) is 9.78 Å². The third-order valence-electron chi connectivity index (χ3n) is 3.62. The number of rotatable bonds is 3. The number of nitrogens with zero attached hydrogens (tertiary/aromatic N) is 2. The number of nitrogens with one attached hydrogen (secondary N) is 2. The molecule has 0 atom stereocenters. The van der Waals surface area contributed by atoms with Crippen LogP contribution in [-0.2, 0) is 0 Å². The highest BCUT2D eigenvalue weighted by Crippen LogP contribution is 2.07. The van der Waals surface area contributed by atoms with Gasteiger partial charge in [-0.2, -0.15) is 0 Å². The Bertz CT molecular complexity index is 464. The molecule has 1 aromatic heterocycles. The van der Waals surface area contributed by atoms with Crippen molar-refractivity contribution >= 4 is 5.95 Å². The van der Waals surface area contributed by atoms with Crippen LogP contribution < -0.4 is 15.4 Å². The molecule has 0 aromatic carbocycles. The second-order valence-corrected chi connectivity index (χ2v) is 4.81. The van der Waals surface area contributed by atoms with Crippen molar-refractivity contribution in [2.75, 3.05) is 44.2 Å². The Morgan fingerprint density at radius 3 is 2.61 bits per heavy atom. The highest BCUT2D eigenvalue weighted by molar-refractivity contribution is 5.32. The van der Waals surface area contributed by atoms with E-state index in [9.17, 15) is 4.79 Å². The molecule has 0 amide bonds. The average Bonchev–Trinajstić information content (AvgIpc) is 2.37. The van der Waals surface area contributed by atoms with Crippen LogP contribution >= 0.6 is 0 Å². The van der Waals surface area contributed by atoms with Crippen molar-refractivity contribution in [3.8, 4) is 0 Å². The fourth-order valence-electron chi connectivity index (χ4n) is 2.22. The number of hydrogen-bond acceptors (Lipinski definition) is 4. The van der Waals surface area contributed by atoms with Crippen molar-refractivity contribution in [1.29, 1.82) is 0 Å². The largest absolute Gasteiger partial charge is 0.391 e. The van der Waals surface area contributed by atoms with Crippen molar-refractivity contribution in [3.05, 3.63) is 21.6 Å². The topological polar surface area (TPSA) is 73.7 Å². The lowest BCUT2D eigenvalue weighted by molar-refractivity contribution is -0.900. The van der Waals surface area contributed by atoms with E-state index in [1.54, 1.807) is 6.92 Å². The number of piperazine rings is 1.